The Morgan fingerprint density at radius 1 is 1.15 bits per heavy atom. The van der Waals surface area contributed by atoms with E-state index < -0.39 is 31.0 Å². The molecule has 1 amide bonds. The van der Waals surface area contributed by atoms with Crippen LogP contribution in [0.25, 0.3) is 0 Å². The average molecular weight is 330 g/mol. The molecule has 0 fully saturated rings. The number of hydrogen-bond acceptors (Lipinski definition) is 2. The molecule has 20 heavy (non-hydrogen) atoms. The van der Waals surface area contributed by atoms with E-state index in [0.717, 1.165) is 12.1 Å². The highest BCUT2D eigenvalue weighted by Crippen LogP contribution is 2.29. The Balaban J connectivity index is 3.15. The minimum atomic E-state index is -5.13. The predicted molar refractivity (Wildman–Crippen MR) is 67.1 cm³/mol. The van der Waals surface area contributed by atoms with Gasteiger partial charge in [-0.05, 0) is 18.2 Å². The number of alkyl halides is 3. The zero-order valence-electron chi connectivity index (χ0n) is 9.75. The fraction of sp³-hybridized carbons (Fsp3) is 0.273. The van der Waals surface area contributed by atoms with Crippen LogP contribution in [0.3, 0.4) is 0 Å². The standard InChI is InChI=1S/C11H8Cl2F3NO3/c12-6-3-7(13)5-8(4-6)17(2-1-9(18)19)10(20)11(14,15)16/h3-5H,1-2H2,(H,18,19). The van der Waals surface area contributed by atoms with Crippen LogP contribution in [0.4, 0.5) is 18.9 Å². The van der Waals surface area contributed by atoms with Gasteiger partial charge in [0.05, 0.1) is 6.42 Å². The summed E-state index contributed by atoms with van der Waals surface area (Å²) in [4.78, 5) is 22.1. The highest BCUT2D eigenvalue weighted by Gasteiger charge is 2.43. The van der Waals surface area contributed by atoms with Crippen molar-refractivity contribution in [3.63, 3.8) is 0 Å². The van der Waals surface area contributed by atoms with Crippen molar-refractivity contribution in [1.82, 2.24) is 0 Å². The van der Waals surface area contributed by atoms with Crippen LogP contribution < -0.4 is 4.90 Å². The highest BCUT2D eigenvalue weighted by atomic mass is 35.5. The number of benzene rings is 1. The summed E-state index contributed by atoms with van der Waals surface area (Å²) in [6.07, 6.45) is -5.78. The summed E-state index contributed by atoms with van der Waals surface area (Å²) in [7, 11) is 0. The number of nitrogens with zero attached hydrogens (tertiary/aromatic N) is 1. The Bertz CT molecular complexity index is 514. The molecule has 0 bridgehead atoms. The second-order valence-corrected chi connectivity index (χ2v) is 4.60. The summed E-state index contributed by atoms with van der Waals surface area (Å²) in [5.41, 5.74) is -0.217. The number of halogens is 5. The quantitative estimate of drug-likeness (QED) is 0.921. The minimum Gasteiger partial charge on any atom is -0.481 e. The summed E-state index contributed by atoms with van der Waals surface area (Å²) in [5, 5.41) is 8.59. The van der Waals surface area contributed by atoms with Crippen molar-refractivity contribution in [3.05, 3.63) is 28.2 Å². The van der Waals surface area contributed by atoms with E-state index in [9.17, 15) is 22.8 Å². The molecule has 0 radical (unpaired) electrons. The van der Waals surface area contributed by atoms with Gasteiger partial charge in [-0.3, -0.25) is 9.59 Å². The van der Waals surface area contributed by atoms with Gasteiger partial charge in [0.15, 0.2) is 0 Å². The molecule has 0 saturated heterocycles. The largest absolute Gasteiger partial charge is 0.481 e. The van der Waals surface area contributed by atoms with E-state index in [1.165, 1.54) is 6.07 Å². The third-order valence-corrected chi connectivity index (χ3v) is 2.63. The molecule has 1 N–H and O–H groups in total. The fourth-order valence-electron chi connectivity index (χ4n) is 1.40. The molecule has 1 aromatic rings. The second-order valence-electron chi connectivity index (χ2n) is 3.73. The lowest BCUT2D eigenvalue weighted by Gasteiger charge is -2.23. The van der Waals surface area contributed by atoms with Crippen LogP contribution in [-0.4, -0.2) is 29.7 Å². The van der Waals surface area contributed by atoms with Gasteiger partial charge >= 0.3 is 18.1 Å². The number of carboxylic acids is 1. The first-order chi connectivity index (χ1) is 9.11. The SMILES string of the molecule is O=C(O)CCN(C(=O)C(F)(F)F)c1cc(Cl)cc(Cl)c1. The summed E-state index contributed by atoms with van der Waals surface area (Å²) >= 11 is 11.3. The molecule has 0 spiro atoms. The van der Waals surface area contributed by atoms with Crippen LogP contribution in [0.1, 0.15) is 6.42 Å². The molecule has 0 aromatic heterocycles. The maximum Gasteiger partial charge on any atom is 0.471 e. The Morgan fingerprint density at radius 3 is 2.05 bits per heavy atom. The van der Waals surface area contributed by atoms with E-state index in [4.69, 9.17) is 28.3 Å². The van der Waals surface area contributed by atoms with Crippen LogP contribution in [0.5, 0.6) is 0 Å². The van der Waals surface area contributed by atoms with Crippen LogP contribution in [-0.2, 0) is 9.59 Å². The van der Waals surface area contributed by atoms with Crippen molar-refractivity contribution < 1.29 is 27.9 Å². The number of carbonyl (C=O) groups is 2. The van der Waals surface area contributed by atoms with E-state index in [2.05, 4.69) is 0 Å². The Kier molecular flexibility index (Phi) is 5.24. The number of amides is 1. The van der Waals surface area contributed by atoms with E-state index in [1.54, 1.807) is 0 Å². The predicted octanol–water partition coefficient (Wildman–Crippen LogP) is 3.36. The van der Waals surface area contributed by atoms with Gasteiger partial charge in [0.1, 0.15) is 0 Å². The lowest BCUT2D eigenvalue weighted by Crippen LogP contribution is -2.42. The van der Waals surface area contributed by atoms with Crippen molar-refractivity contribution in [3.8, 4) is 0 Å². The monoisotopic (exact) mass is 329 g/mol. The van der Waals surface area contributed by atoms with Crippen LogP contribution in [0.2, 0.25) is 10.0 Å². The molecule has 110 valence electrons. The van der Waals surface area contributed by atoms with E-state index in [1.807, 2.05) is 0 Å². The van der Waals surface area contributed by atoms with Crippen molar-refractivity contribution in [2.75, 3.05) is 11.4 Å². The fourth-order valence-corrected chi connectivity index (χ4v) is 1.92. The van der Waals surface area contributed by atoms with Gasteiger partial charge in [-0.2, -0.15) is 13.2 Å². The average Bonchev–Trinajstić information content (AvgIpc) is 2.25. The van der Waals surface area contributed by atoms with Crippen molar-refractivity contribution >= 4 is 40.8 Å². The summed E-state index contributed by atoms with van der Waals surface area (Å²) in [5.74, 6) is -3.52. The number of hydrogen-bond donors (Lipinski definition) is 1. The molecule has 0 aliphatic heterocycles. The lowest BCUT2D eigenvalue weighted by atomic mass is 10.2. The van der Waals surface area contributed by atoms with Gasteiger partial charge in [-0.15, -0.1) is 0 Å². The van der Waals surface area contributed by atoms with E-state index >= 15 is 0 Å². The third kappa shape index (κ3) is 4.57. The molecule has 0 unspecified atom stereocenters. The molecule has 0 saturated carbocycles. The van der Waals surface area contributed by atoms with Gasteiger partial charge in [0.2, 0.25) is 0 Å². The van der Waals surface area contributed by atoms with Crippen molar-refractivity contribution in [2.24, 2.45) is 0 Å². The van der Waals surface area contributed by atoms with Gasteiger partial charge in [-0.1, -0.05) is 23.2 Å². The van der Waals surface area contributed by atoms with Gasteiger partial charge < -0.3 is 10.0 Å². The minimum absolute atomic E-state index is 0.0304. The maximum atomic E-state index is 12.5. The summed E-state index contributed by atoms with van der Waals surface area (Å²) < 4.78 is 37.5. The number of carboxylic acid groups (broad SMARTS) is 1. The van der Waals surface area contributed by atoms with E-state index in [-0.39, 0.29) is 20.6 Å². The summed E-state index contributed by atoms with van der Waals surface area (Å²) in [6.45, 7) is -0.648. The Morgan fingerprint density at radius 2 is 1.65 bits per heavy atom. The molecule has 1 aromatic carbocycles. The second kappa shape index (κ2) is 6.32. The lowest BCUT2D eigenvalue weighted by molar-refractivity contribution is -0.170. The molecule has 9 heteroatoms. The number of aliphatic carboxylic acids is 1. The molecule has 1 rings (SSSR count). The third-order valence-electron chi connectivity index (χ3n) is 2.20. The molecule has 4 nitrogen and oxygen atoms in total. The van der Waals surface area contributed by atoms with E-state index in [0.29, 0.717) is 0 Å². The zero-order valence-corrected chi connectivity index (χ0v) is 11.3. The highest BCUT2D eigenvalue weighted by molar-refractivity contribution is 6.35. The molecule has 0 aliphatic carbocycles. The topological polar surface area (TPSA) is 57.6 Å². The van der Waals surface area contributed by atoms with Crippen LogP contribution in [0, 0.1) is 0 Å². The van der Waals surface area contributed by atoms with Gasteiger partial charge in [-0.25, -0.2) is 0 Å². The molecular formula is C11H8Cl2F3NO3. The first-order valence-corrected chi connectivity index (χ1v) is 5.93. The molecule has 0 aliphatic rings. The van der Waals surface area contributed by atoms with Gasteiger partial charge in [0.25, 0.3) is 0 Å². The van der Waals surface area contributed by atoms with Crippen molar-refractivity contribution in [2.45, 2.75) is 12.6 Å². The van der Waals surface area contributed by atoms with Crippen LogP contribution in [0.15, 0.2) is 18.2 Å². The smallest absolute Gasteiger partial charge is 0.471 e. The normalized spacial score (nSPS) is 11.2. The number of carbonyl (C=O) groups excluding carboxylic acids is 1. The first-order valence-electron chi connectivity index (χ1n) is 5.18. The molecule has 0 atom stereocenters. The van der Waals surface area contributed by atoms with Crippen molar-refractivity contribution in [1.29, 1.82) is 0 Å². The number of rotatable bonds is 4. The Labute approximate surface area is 121 Å². The molecule has 0 heterocycles. The molecular weight excluding hydrogens is 322 g/mol. The first kappa shape index (κ1) is 16.6. The van der Waals surface area contributed by atoms with Gasteiger partial charge in [0, 0.05) is 22.3 Å². The summed E-state index contributed by atoms with van der Waals surface area (Å²) in [6, 6.07) is 3.47. The zero-order chi connectivity index (χ0) is 15.5. The number of anilines is 1. The maximum absolute atomic E-state index is 12.5. The Hall–Kier alpha value is -1.47. The van der Waals surface area contributed by atoms with Crippen LogP contribution >= 0.6 is 23.2 Å².